The fourth-order valence-corrected chi connectivity index (χ4v) is 7.43. The predicted molar refractivity (Wildman–Crippen MR) is 116 cm³/mol. The third-order valence-electron chi connectivity index (χ3n) is 6.51. The number of fused-ring (bicyclic) bond motifs is 2. The molecule has 2 unspecified atom stereocenters. The minimum absolute atomic E-state index is 0.0678. The summed E-state index contributed by atoms with van der Waals surface area (Å²) in [5, 5.41) is 11.7. The zero-order valence-corrected chi connectivity index (χ0v) is 19.7. The Morgan fingerprint density at radius 1 is 1.09 bits per heavy atom. The van der Waals surface area contributed by atoms with Gasteiger partial charge in [0.15, 0.2) is 17.5 Å². The molecule has 5 nitrogen and oxygen atoms in total. The third-order valence-corrected chi connectivity index (χ3v) is 8.97. The molecule has 5 atom stereocenters. The van der Waals surface area contributed by atoms with E-state index in [-0.39, 0.29) is 23.8 Å². The van der Waals surface area contributed by atoms with Crippen LogP contribution >= 0.6 is 11.6 Å². The molecule has 2 bridgehead atoms. The number of hydrogen-bond donors (Lipinski definition) is 2. The van der Waals surface area contributed by atoms with Crippen LogP contribution in [0.2, 0.25) is 5.02 Å². The van der Waals surface area contributed by atoms with Gasteiger partial charge in [0.2, 0.25) is 10.0 Å². The summed E-state index contributed by atoms with van der Waals surface area (Å²) in [7, 11) is -4.35. The summed E-state index contributed by atoms with van der Waals surface area (Å²) in [5.74, 6) is -5.29. The molecule has 0 aromatic heterocycles. The number of nitrogens with zero attached hydrogens (tertiary/aromatic N) is 1. The predicted octanol–water partition coefficient (Wildman–Crippen LogP) is 5.40. The Balaban J connectivity index is 1.74. The summed E-state index contributed by atoms with van der Waals surface area (Å²) in [6, 6.07) is -0.197. The lowest BCUT2D eigenvalue weighted by molar-refractivity contribution is -0.144. The Morgan fingerprint density at radius 3 is 2.29 bits per heavy atom. The molecule has 2 aromatic rings. The smallest absolute Gasteiger partial charge is 0.393 e. The van der Waals surface area contributed by atoms with E-state index in [1.807, 2.05) is 12.2 Å². The van der Waals surface area contributed by atoms with E-state index >= 15 is 0 Å². The van der Waals surface area contributed by atoms with Crippen molar-refractivity contribution in [2.24, 2.45) is 5.92 Å². The molecular weight excluding hydrogens is 522 g/mol. The van der Waals surface area contributed by atoms with Crippen LogP contribution in [-0.2, 0) is 10.0 Å². The molecule has 4 rings (SSSR count). The second-order valence-electron chi connectivity index (χ2n) is 8.96. The van der Waals surface area contributed by atoms with Crippen molar-refractivity contribution in [3.63, 3.8) is 0 Å². The van der Waals surface area contributed by atoms with Crippen molar-refractivity contribution in [1.29, 1.82) is 0 Å². The average molecular weight is 543 g/mol. The maximum atomic E-state index is 13.9. The molecule has 2 aliphatic heterocycles. The number of aliphatic hydroxyl groups is 1. The first-order valence-corrected chi connectivity index (χ1v) is 12.5. The van der Waals surface area contributed by atoms with Gasteiger partial charge < -0.3 is 10.4 Å². The zero-order valence-electron chi connectivity index (χ0n) is 18.2. The van der Waals surface area contributed by atoms with Crippen LogP contribution in [0.1, 0.15) is 37.8 Å². The number of nitrogens with one attached hydrogen (secondary N) is 1. The topological polar surface area (TPSA) is 69.6 Å². The van der Waals surface area contributed by atoms with Gasteiger partial charge in [0.1, 0.15) is 10.9 Å². The molecule has 0 amide bonds. The maximum Gasteiger partial charge on any atom is 0.412 e. The van der Waals surface area contributed by atoms with Crippen LogP contribution in [-0.4, -0.2) is 42.2 Å². The zero-order chi connectivity index (χ0) is 25.9. The largest absolute Gasteiger partial charge is 0.412 e. The molecule has 2 aromatic carbocycles. The Bertz CT molecular complexity index is 1220. The van der Waals surface area contributed by atoms with E-state index in [1.54, 1.807) is 0 Å². The highest BCUT2D eigenvalue weighted by molar-refractivity contribution is 7.89. The van der Waals surface area contributed by atoms with Crippen molar-refractivity contribution < 1.29 is 39.9 Å². The van der Waals surface area contributed by atoms with Crippen molar-refractivity contribution in [3.8, 4) is 0 Å². The molecule has 0 aliphatic carbocycles. The van der Waals surface area contributed by atoms with Crippen LogP contribution in [0.5, 0.6) is 0 Å². The minimum atomic E-state index is -5.03. The number of benzene rings is 2. The van der Waals surface area contributed by atoms with Gasteiger partial charge in [-0.3, -0.25) is 0 Å². The van der Waals surface area contributed by atoms with Crippen molar-refractivity contribution in [3.05, 3.63) is 58.4 Å². The number of piperidine rings is 1. The summed E-state index contributed by atoms with van der Waals surface area (Å²) < 4.78 is 110. The van der Waals surface area contributed by atoms with Crippen LogP contribution in [0.15, 0.2) is 35.2 Å². The monoisotopic (exact) mass is 542 g/mol. The summed E-state index contributed by atoms with van der Waals surface area (Å²) in [5.41, 5.74) is -1.27. The first-order chi connectivity index (χ1) is 16.2. The molecule has 2 saturated heterocycles. The van der Waals surface area contributed by atoms with Crippen molar-refractivity contribution >= 4 is 27.3 Å². The molecule has 35 heavy (non-hydrogen) atoms. The first kappa shape index (κ1) is 26.1. The Hall–Kier alpha value is -2.02. The summed E-state index contributed by atoms with van der Waals surface area (Å²) in [6.45, 7) is 1.84. The van der Waals surface area contributed by atoms with E-state index in [9.17, 15) is 39.9 Å². The van der Waals surface area contributed by atoms with E-state index in [1.165, 1.54) is 4.31 Å². The molecule has 0 saturated carbocycles. The molecule has 2 aliphatic rings. The SMILES string of the molecule is C[C@H]1CC2C[C@H](O)C[C@H]1N2S(=O)(=O)c1cc(C(Nc2cc(F)c(F)c(F)c2)C(F)(F)F)ccc1Cl. The van der Waals surface area contributed by atoms with Crippen LogP contribution in [0.4, 0.5) is 32.0 Å². The highest BCUT2D eigenvalue weighted by Crippen LogP contribution is 2.45. The van der Waals surface area contributed by atoms with Gasteiger partial charge in [0.05, 0.1) is 11.1 Å². The molecule has 0 radical (unpaired) electrons. The Kier molecular flexibility index (Phi) is 6.80. The molecule has 192 valence electrons. The number of anilines is 1. The van der Waals surface area contributed by atoms with E-state index in [0.717, 1.165) is 18.2 Å². The highest BCUT2D eigenvalue weighted by Gasteiger charge is 2.51. The Labute approximate surface area is 202 Å². The quantitative estimate of drug-likeness (QED) is 0.392. The van der Waals surface area contributed by atoms with Crippen LogP contribution in [0, 0.1) is 23.4 Å². The van der Waals surface area contributed by atoms with Crippen molar-refractivity contribution in [1.82, 2.24) is 4.31 Å². The van der Waals surface area contributed by atoms with Crippen LogP contribution in [0.3, 0.4) is 0 Å². The lowest BCUT2D eigenvalue weighted by Gasteiger charge is -2.37. The van der Waals surface area contributed by atoms with Gasteiger partial charge in [-0.1, -0.05) is 24.6 Å². The number of alkyl halides is 3. The van der Waals surface area contributed by atoms with Crippen molar-refractivity contribution in [2.45, 2.75) is 61.5 Å². The van der Waals surface area contributed by atoms with Gasteiger partial charge in [0.25, 0.3) is 0 Å². The summed E-state index contributed by atoms with van der Waals surface area (Å²) >= 11 is 6.12. The maximum absolute atomic E-state index is 13.9. The molecular formula is C22H21ClF6N2O3S. The number of aliphatic hydroxyl groups excluding tert-OH is 1. The second kappa shape index (κ2) is 9.13. The first-order valence-electron chi connectivity index (χ1n) is 10.7. The number of sulfonamides is 1. The minimum Gasteiger partial charge on any atom is -0.393 e. The van der Waals surface area contributed by atoms with Crippen molar-refractivity contribution in [2.75, 3.05) is 5.32 Å². The average Bonchev–Trinajstić information content (AvgIpc) is 2.96. The fourth-order valence-electron chi connectivity index (χ4n) is 4.98. The number of hydrogen-bond acceptors (Lipinski definition) is 4. The van der Waals surface area contributed by atoms with E-state index in [0.29, 0.717) is 18.6 Å². The second-order valence-corrected chi connectivity index (χ2v) is 11.2. The van der Waals surface area contributed by atoms with Gasteiger partial charge >= 0.3 is 6.18 Å². The van der Waals surface area contributed by atoms with E-state index < -0.39 is 74.0 Å². The molecule has 2 heterocycles. The van der Waals surface area contributed by atoms with Gasteiger partial charge in [-0.25, -0.2) is 21.6 Å². The molecule has 2 N–H and O–H groups in total. The molecule has 0 spiro atoms. The third kappa shape index (κ3) is 4.85. The van der Waals surface area contributed by atoms with Gasteiger partial charge in [-0.15, -0.1) is 0 Å². The van der Waals surface area contributed by atoms with Crippen LogP contribution < -0.4 is 5.32 Å². The molecule has 2 fully saturated rings. The summed E-state index contributed by atoms with van der Waals surface area (Å²) in [4.78, 5) is -0.551. The normalized spacial score (nSPS) is 26.1. The lowest BCUT2D eigenvalue weighted by atomic mass is 9.99. The van der Waals surface area contributed by atoms with Gasteiger partial charge in [0, 0.05) is 29.9 Å². The standard InChI is InChI=1S/C22H21ClF6N2O3S/c1-10-4-13-8-14(32)9-18(10)31(13)35(33,34)19-5-11(2-3-15(19)23)21(22(27,28)29)30-12-6-16(24)20(26)17(25)7-12/h2-3,5-7,10,13-14,18,21,30,32H,4,8-9H2,1H3/t10-,13?,14-,18+,21?/m0/s1. The van der Waals surface area contributed by atoms with E-state index in [4.69, 9.17) is 11.6 Å². The number of halogens is 7. The van der Waals surface area contributed by atoms with E-state index in [2.05, 4.69) is 0 Å². The fraction of sp³-hybridized carbons (Fsp3) is 0.455. The molecule has 13 heteroatoms. The Morgan fingerprint density at radius 2 is 1.71 bits per heavy atom. The van der Waals surface area contributed by atoms with Gasteiger partial charge in [-0.2, -0.15) is 17.5 Å². The van der Waals surface area contributed by atoms with Gasteiger partial charge in [-0.05, 0) is 42.9 Å². The van der Waals surface area contributed by atoms with Crippen LogP contribution in [0.25, 0.3) is 0 Å². The highest BCUT2D eigenvalue weighted by atomic mass is 35.5. The summed E-state index contributed by atoms with van der Waals surface area (Å²) in [6.07, 6.45) is -4.82. The lowest BCUT2D eigenvalue weighted by Crippen LogP contribution is -2.48. The number of rotatable bonds is 5.